The van der Waals surface area contributed by atoms with Gasteiger partial charge in [-0.3, -0.25) is 4.79 Å². The lowest BCUT2D eigenvalue weighted by molar-refractivity contribution is -0.124. The molecule has 0 aromatic rings. The first-order chi connectivity index (χ1) is 4.61. The number of carbonyl (C=O) groups excluding carboxylic acids is 1. The third-order valence-electron chi connectivity index (χ3n) is 2.42. The van der Waals surface area contributed by atoms with Crippen LogP contribution in [-0.2, 0) is 4.79 Å². The van der Waals surface area contributed by atoms with Gasteiger partial charge in [-0.2, -0.15) is 0 Å². The zero-order valence-corrected chi connectivity index (χ0v) is 6.92. The van der Waals surface area contributed by atoms with Gasteiger partial charge in [0.05, 0.1) is 0 Å². The second-order valence-corrected chi connectivity index (χ2v) is 3.40. The van der Waals surface area contributed by atoms with E-state index in [0.717, 1.165) is 12.8 Å². The van der Waals surface area contributed by atoms with Crippen LogP contribution in [-0.4, -0.2) is 30.8 Å². The molecule has 1 saturated carbocycles. The van der Waals surface area contributed by atoms with Gasteiger partial charge in [-0.1, -0.05) is 0 Å². The van der Waals surface area contributed by atoms with Crippen molar-refractivity contribution in [2.75, 3.05) is 14.1 Å². The zero-order valence-electron chi connectivity index (χ0n) is 6.92. The molecule has 1 aliphatic carbocycles. The molecule has 0 aromatic carbocycles. The summed E-state index contributed by atoms with van der Waals surface area (Å²) in [6.45, 7) is 1.69. The Morgan fingerprint density at radius 2 is 1.90 bits per heavy atom. The van der Waals surface area contributed by atoms with E-state index in [1.54, 1.807) is 6.92 Å². The number of rotatable bonds is 2. The first-order valence-corrected chi connectivity index (χ1v) is 3.78. The molecule has 0 unspecified atom stereocenters. The minimum absolute atomic E-state index is 0.359. The highest BCUT2D eigenvalue weighted by Gasteiger charge is 2.33. The molecule has 0 saturated heterocycles. The highest BCUT2D eigenvalue weighted by Crippen LogP contribution is 2.30. The maximum Gasteiger partial charge on any atom is 0.133 e. The fourth-order valence-electron chi connectivity index (χ4n) is 1.34. The van der Waals surface area contributed by atoms with Gasteiger partial charge in [-0.05, 0) is 33.9 Å². The van der Waals surface area contributed by atoms with E-state index >= 15 is 0 Å². The van der Waals surface area contributed by atoms with Gasteiger partial charge >= 0.3 is 0 Å². The van der Waals surface area contributed by atoms with E-state index in [-0.39, 0.29) is 0 Å². The van der Waals surface area contributed by atoms with Gasteiger partial charge in [0, 0.05) is 12.0 Å². The van der Waals surface area contributed by atoms with Crippen LogP contribution in [0.25, 0.3) is 0 Å². The van der Waals surface area contributed by atoms with Crippen LogP contribution in [0, 0.1) is 5.92 Å². The van der Waals surface area contributed by atoms with Crippen LogP contribution in [0.5, 0.6) is 0 Å². The van der Waals surface area contributed by atoms with E-state index in [1.807, 2.05) is 0 Å². The second-order valence-electron chi connectivity index (χ2n) is 3.40. The third kappa shape index (κ3) is 1.37. The number of ketones is 1. The summed E-state index contributed by atoms with van der Waals surface area (Å²) in [6.07, 6.45) is 2.14. The molecule has 0 radical (unpaired) electrons. The third-order valence-corrected chi connectivity index (χ3v) is 2.42. The van der Waals surface area contributed by atoms with Crippen molar-refractivity contribution in [2.24, 2.45) is 5.92 Å². The smallest absolute Gasteiger partial charge is 0.133 e. The number of Topliss-reactive ketones (excluding diaryl/α,β-unsaturated/α-hetero) is 1. The summed E-state index contributed by atoms with van der Waals surface area (Å²) in [5.74, 6) is 0.727. The molecular formula is C8H15NO. The van der Waals surface area contributed by atoms with Crippen molar-refractivity contribution in [3.05, 3.63) is 0 Å². The fourth-order valence-corrected chi connectivity index (χ4v) is 1.34. The molecule has 0 atom stereocenters. The van der Waals surface area contributed by atoms with Crippen molar-refractivity contribution >= 4 is 5.78 Å². The second kappa shape index (κ2) is 2.70. The molecule has 1 rings (SSSR count). The molecule has 2 nitrogen and oxygen atoms in total. The number of hydrogen-bond acceptors (Lipinski definition) is 2. The molecule has 0 spiro atoms. The highest BCUT2D eigenvalue weighted by atomic mass is 16.1. The van der Waals surface area contributed by atoms with Crippen LogP contribution in [0.15, 0.2) is 0 Å². The average Bonchev–Trinajstić information content (AvgIpc) is 1.56. The van der Waals surface area contributed by atoms with E-state index in [2.05, 4.69) is 19.0 Å². The molecule has 2 heteroatoms. The number of carbonyl (C=O) groups is 1. The summed E-state index contributed by atoms with van der Waals surface area (Å²) in [7, 11) is 4.14. The molecular weight excluding hydrogens is 126 g/mol. The van der Waals surface area contributed by atoms with Crippen molar-refractivity contribution in [1.82, 2.24) is 4.90 Å². The normalized spacial score (nSPS) is 32.0. The van der Waals surface area contributed by atoms with Crippen LogP contribution in [0.2, 0.25) is 0 Å². The Kier molecular flexibility index (Phi) is 2.09. The van der Waals surface area contributed by atoms with Gasteiger partial charge < -0.3 is 4.90 Å². The lowest BCUT2D eigenvalue weighted by atomic mass is 9.77. The van der Waals surface area contributed by atoms with E-state index in [9.17, 15) is 4.79 Å². The largest absolute Gasteiger partial charge is 0.306 e. The predicted octanol–water partition coefficient (Wildman–Crippen LogP) is 0.916. The van der Waals surface area contributed by atoms with Gasteiger partial charge in [0.2, 0.25) is 0 Å². The Hall–Kier alpha value is -0.370. The summed E-state index contributed by atoms with van der Waals surface area (Å²) in [5.41, 5.74) is 0. The molecule has 0 bridgehead atoms. The van der Waals surface area contributed by atoms with E-state index < -0.39 is 0 Å². The van der Waals surface area contributed by atoms with E-state index in [0.29, 0.717) is 17.7 Å². The number of nitrogens with zero attached hydrogens (tertiary/aromatic N) is 1. The lowest BCUT2D eigenvalue weighted by Crippen LogP contribution is -2.42. The van der Waals surface area contributed by atoms with Crippen molar-refractivity contribution in [3.63, 3.8) is 0 Å². The maximum atomic E-state index is 10.8. The number of hydrogen-bond donors (Lipinski definition) is 0. The Labute approximate surface area is 62.2 Å². The van der Waals surface area contributed by atoms with Crippen molar-refractivity contribution in [2.45, 2.75) is 25.8 Å². The summed E-state index contributed by atoms with van der Waals surface area (Å²) >= 11 is 0. The van der Waals surface area contributed by atoms with Gasteiger partial charge in [0.25, 0.3) is 0 Å². The van der Waals surface area contributed by atoms with Crippen molar-refractivity contribution < 1.29 is 4.79 Å². The minimum Gasteiger partial charge on any atom is -0.306 e. The summed E-state index contributed by atoms with van der Waals surface area (Å²) in [6, 6.07) is 0.661. The standard InChI is InChI=1S/C8H15NO/c1-6(10)7-4-8(5-7)9(2)3/h7-8H,4-5H2,1-3H3. The molecule has 58 valence electrons. The lowest BCUT2D eigenvalue weighted by Gasteiger charge is -2.38. The first kappa shape index (κ1) is 7.73. The summed E-state index contributed by atoms with van der Waals surface area (Å²) in [5, 5.41) is 0. The van der Waals surface area contributed by atoms with Gasteiger partial charge in [-0.15, -0.1) is 0 Å². The quantitative estimate of drug-likeness (QED) is 0.570. The van der Waals surface area contributed by atoms with Crippen LogP contribution in [0.3, 0.4) is 0 Å². The minimum atomic E-state index is 0.359. The van der Waals surface area contributed by atoms with Crippen LogP contribution in [0.1, 0.15) is 19.8 Å². The monoisotopic (exact) mass is 141 g/mol. The molecule has 0 N–H and O–H groups in total. The van der Waals surface area contributed by atoms with Crippen LogP contribution in [0.4, 0.5) is 0 Å². The Balaban J connectivity index is 2.24. The molecule has 1 fully saturated rings. The van der Waals surface area contributed by atoms with Gasteiger partial charge in [0.15, 0.2) is 0 Å². The van der Waals surface area contributed by atoms with Crippen molar-refractivity contribution in [1.29, 1.82) is 0 Å². The molecule has 0 heterocycles. The first-order valence-electron chi connectivity index (χ1n) is 3.78. The highest BCUT2D eigenvalue weighted by molar-refractivity contribution is 5.79. The van der Waals surface area contributed by atoms with Gasteiger partial charge in [-0.25, -0.2) is 0 Å². The summed E-state index contributed by atoms with van der Waals surface area (Å²) < 4.78 is 0. The van der Waals surface area contributed by atoms with E-state index in [4.69, 9.17) is 0 Å². The molecule has 10 heavy (non-hydrogen) atoms. The molecule has 0 aliphatic heterocycles. The predicted molar refractivity (Wildman–Crippen MR) is 40.9 cm³/mol. The SMILES string of the molecule is CC(=O)C1CC(N(C)C)C1. The average molecular weight is 141 g/mol. The van der Waals surface area contributed by atoms with Gasteiger partial charge in [0.1, 0.15) is 5.78 Å². The molecule has 0 amide bonds. The maximum absolute atomic E-state index is 10.8. The molecule has 0 aromatic heterocycles. The van der Waals surface area contributed by atoms with Crippen molar-refractivity contribution in [3.8, 4) is 0 Å². The fraction of sp³-hybridized carbons (Fsp3) is 0.875. The summed E-state index contributed by atoms with van der Waals surface area (Å²) in [4.78, 5) is 13.0. The van der Waals surface area contributed by atoms with Crippen LogP contribution < -0.4 is 0 Å². The van der Waals surface area contributed by atoms with E-state index in [1.165, 1.54) is 0 Å². The van der Waals surface area contributed by atoms with Crippen LogP contribution >= 0.6 is 0 Å². The zero-order chi connectivity index (χ0) is 7.72. The Bertz CT molecular complexity index is 136. The Morgan fingerprint density at radius 3 is 2.20 bits per heavy atom. The topological polar surface area (TPSA) is 20.3 Å². The Morgan fingerprint density at radius 1 is 1.40 bits per heavy atom. The molecule has 1 aliphatic rings.